The van der Waals surface area contributed by atoms with Gasteiger partial charge in [-0.3, -0.25) is 0 Å². The van der Waals surface area contributed by atoms with Gasteiger partial charge in [-0.05, 0) is 18.6 Å². The van der Waals surface area contributed by atoms with Gasteiger partial charge >= 0.3 is 12.4 Å². The summed E-state index contributed by atoms with van der Waals surface area (Å²) in [5.74, 6) is -0.0404. The molecule has 0 saturated carbocycles. The van der Waals surface area contributed by atoms with E-state index in [1.807, 2.05) is 0 Å². The van der Waals surface area contributed by atoms with Crippen LogP contribution in [0.2, 0.25) is 0 Å². The molecule has 12 heteroatoms. The van der Waals surface area contributed by atoms with Gasteiger partial charge in [-0.1, -0.05) is 0 Å². The van der Waals surface area contributed by atoms with Gasteiger partial charge in [0.2, 0.25) is 5.88 Å². The molecule has 0 radical (unpaired) electrons. The fraction of sp³-hybridized carbons (Fsp3) is 0.571. The number of aliphatic imine (C=N–C) groups is 1. The average Bonchev–Trinajstić information content (AvgIpc) is 2.49. The van der Waals surface area contributed by atoms with Crippen LogP contribution in [0.1, 0.15) is 18.9 Å². The molecule has 0 amide bonds. The molecule has 0 atom stereocenters. The van der Waals surface area contributed by atoms with Crippen LogP contribution in [0.15, 0.2) is 23.3 Å². The van der Waals surface area contributed by atoms with Crippen LogP contribution in [0, 0.1) is 0 Å². The van der Waals surface area contributed by atoms with Gasteiger partial charge in [0, 0.05) is 25.4 Å². The van der Waals surface area contributed by atoms with Crippen LogP contribution in [0.4, 0.5) is 26.3 Å². The lowest BCUT2D eigenvalue weighted by Crippen LogP contribution is -2.38. The molecule has 1 aromatic rings. The molecule has 0 fully saturated rings. The van der Waals surface area contributed by atoms with Crippen molar-refractivity contribution < 1.29 is 31.1 Å². The predicted octanol–water partition coefficient (Wildman–Crippen LogP) is 3.65. The summed E-state index contributed by atoms with van der Waals surface area (Å²) < 4.78 is 77.3. The normalized spacial score (nSPS) is 12.3. The molecule has 1 heterocycles. The zero-order valence-corrected chi connectivity index (χ0v) is 16.1. The van der Waals surface area contributed by atoms with Gasteiger partial charge < -0.3 is 15.4 Å². The van der Waals surface area contributed by atoms with E-state index in [0.717, 1.165) is 0 Å². The van der Waals surface area contributed by atoms with Gasteiger partial charge in [-0.2, -0.15) is 26.3 Å². The Bertz CT molecular complexity index is 565. The predicted molar refractivity (Wildman–Crippen MR) is 94.7 cm³/mol. The zero-order valence-electron chi connectivity index (χ0n) is 13.7. The Morgan fingerprint density at radius 3 is 2.42 bits per heavy atom. The quantitative estimate of drug-likeness (QED) is 0.260. The minimum absolute atomic E-state index is 0. The number of alkyl halides is 6. The van der Waals surface area contributed by atoms with Gasteiger partial charge in [0.25, 0.3) is 0 Å². The highest BCUT2D eigenvalue weighted by Gasteiger charge is 2.28. The van der Waals surface area contributed by atoms with E-state index >= 15 is 0 Å². The summed E-state index contributed by atoms with van der Waals surface area (Å²) in [5, 5.41) is 5.31. The number of hydrogen-bond acceptors (Lipinski definition) is 3. The van der Waals surface area contributed by atoms with E-state index in [9.17, 15) is 26.3 Å². The third-order valence-electron chi connectivity index (χ3n) is 2.65. The van der Waals surface area contributed by atoms with Gasteiger partial charge in [0.15, 0.2) is 12.6 Å². The molecule has 0 bridgehead atoms. The first-order valence-corrected chi connectivity index (χ1v) is 7.32. The van der Waals surface area contributed by atoms with E-state index in [1.54, 1.807) is 6.92 Å². The highest BCUT2D eigenvalue weighted by Crippen LogP contribution is 2.19. The van der Waals surface area contributed by atoms with Crippen molar-refractivity contribution in [2.24, 2.45) is 4.99 Å². The largest absolute Gasteiger partial charge is 0.468 e. The summed E-state index contributed by atoms with van der Waals surface area (Å²) in [6.45, 7) is 0.414. The standard InChI is InChI=1S/C14H18F6N4O.HI/c1-2-21-12(23-6-4-13(15,16)17)24-8-10-3-5-22-11(7-10)25-9-14(18,19)20;/h3,5,7H,2,4,6,8-9H2,1H3,(H2,21,23,24);1H. The fourth-order valence-corrected chi connectivity index (χ4v) is 1.62. The second-order valence-corrected chi connectivity index (χ2v) is 4.89. The van der Waals surface area contributed by atoms with Crippen LogP contribution >= 0.6 is 24.0 Å². The lowest BCUT2D eigenvalue weighted by Gasteiger charge is -2.12. The molecule has 0 spiro atoms. The SMILES string of the molecule is CCNC(=NCc1ccnc(OCC(F)(F)F)c1)NCCC(F)(F)F.I. The minimum Gasteiger partial charge on any atom is -0.468 e. The van der Waals surface area contributed by atoms with Crippen LogP contribution < -0.4 is 15.4 Å². The Labute approximate surface area is 163 Å². The van der Waals surface area contributed by atoms with Crippen LogP contribution in [-0.2, 0) is 6.54 Å². The summed E-state index contributed by atoms with van der Waals surface area (Å²) >= 11 is 0. The molecule has 0 aromatic carbocycles. The lowest BCUT2D eigenvalue weighted by molar-refractivity contribution is -0.154. The summed E-state index contributed by atoms with van der Waals surface area (Å²) in [4.78, 5) is 7.73. The molecule has 0 unspecified atom stereocenters. The smallest absolute Gasteiger partial charge is 0.422 e. The summed E-state index contributed by atoms with van der Waals surface area (Å²) in [5.41, 5.74) is 0.500. The number of rotatable bonds is 7. The van der Waals surface area contributed by atoms with E-state index in [1.165, 1.54) is 18.3 Å². The monoisotopic (exact) mass is 500 g/mol. The van der Waals surface area contributed by atoms with Crippen LogP contribution in [-0.4, -0.2) is 43.0 Å². The molecular formula is C14H19F6IN4O. The topological polar surface area (TPSA) is 58.5 Å². The molecule has 1 aromatic heterocycles. The number of aromatic nitrogens is 1. The lowest BCUT2D eigenvalue weighted by atomic mass is 10.3. The minimum atomic E-state index is -4.48. The third-order valence-corrected chi connectivity index (χ3v) is 2.65. The van der Waals surface area contributed by atoms with E-state index in [-0.39, 0.29) is 48.9 Å². The highest BCUT2D eigenvalue weighted by atomic mass is 127. The van der Waals surface area contributed by atoms with Gasteiger partial charge in [0.05, 0.1) is 13.0 Å². The molecule has 0 aliphatic heterocycles. The molecule has 26 heavy (non-hydrogen) atoms. The van der Waals surface area contributed by atoms with Crippen molar-refractivity contribution >= 4 is 29.9 Å². The number of pyridine rings is 1. The van der Waals surface area contributed by atoms with Crippen molar-refractivity contribution in [1.29, 1.82) is 0 Å². The Kier molecular flexibility index (Phi) is 10.6. The second kappa shape index (κ2) is 11.3. The zero-order chi connectivity index (χ0) is 18.9. The first kappa shape index (κ1) is 24.5. The van der Waals surface area contributed by atoms with Crippen molar-refractivity contribution in [2.45, 2.75) is 32.2 Å². The first-order chi connectivity index (χ1) is 11.6. The Balaban J connectivity index is 0.00000625. The number of ether oxygens (including phenoxy) is 1. The van der Waals surface area contributed by atoms with Crippen LogP contribution in [0.25, 0.3) is 0 Å². The summed E-state index contributed by atoms with van der Waals surface area (Å²) in [6, 6.07) is 2.80. The van der Waals surface area contributed by atoms with Gasteiger partial charge in [-0.25, -0.2) is 9.98 Å². The van der Waals surface area contributed by atoms with Crippen molar-refractivity contribution in [3.63, 3.8) is 0 Å². The van der Waals surface area contributed by atoms with Crippen molar-refractivity contribution in [3.8, 4) is 5.88 Å². The number of nitrogens with zero attached hydrogens (tertiary/aromatic N) is 2. The number of hydrogen-bond donors (Lipinski definition) is 2. The Morgan fingerprint density at radius 1 is 1.15 bits per heavy atom. The van der Waals surface area contributed by atoms with Gasteiger partial charge in [-0.15, -0.1) is 24.0 Å². The number of guanidine groups is 1. The molecule has 0 aliphatic carbocycles. The van der Waals surface area contributed by atoms with E-state index in [4.69, 9.17) is 0 Å². The maximum absolute atomic E-state index is 12.1. The highest BCUT2D eigenvalue weighted by molar-refractivity contribution is 14.0. The molecule has 0 aliphatic rings. The number of halogens is 7. The van der Waals surface area contributed by atoms with E-state index < -0.39 is 25.4 Å². The first-order valence-electron chi connectivity index (χ1n) is 7.32. The Morgan fingerprint density at radius 2 is 1.85 bits per heavy atom. The van der Waals surface area contributed by atoms with Crippen LogP contribution in [0.5, 0.6) is 5.88 Å². The summed E-state index contributed by atoms with van der Waals surface area (Å²) in [7, 11) is 0. The summed E-state index contributed by atoms with van der Waals surface area (Å²) in [6.07, 6.45) is -8.50. The molecular weight excluding hydrogens is 481 g/mol. The van der Waals surface area contributed by atoms with Crippen LogP contribution in [0.3, 0.4) is 0 Å². The second-order valence-electron chi connectivity index (χ2n) is 4.89. The van der Waals surface area contributed by atoms with E-state index in [2.05, 4.69) is 25.3 Å². The molecule has 2 N–H and O–H groups in total. The molecule has 5 nitrogen and oxygen atoms in total. The maximum atomic E-state index is 12.1. The third kappa shape index (κ3) is 12.0. The molecule has 150 valence electrons. The fourth-order valence-electron chi connectivity index (χ4n) is 1.62. The maximum Gasteiger partial charge on any atom is 0.422 e. The number of nitrogens with one attached hydrogen (secondary N) is 2. The van der Waals surface area contributed by atoms with E-state index in [0.29, 0.717) is 12.1 Å². The average molecular weight is 500 g/mol. The molecule has 1 rings (SSSR count). The van der Waals surface area contributed by atoms with Crippen molar-refractivity contribution in [3.05, 3.63) is 23.9 Å². The Hall–Kier alpha value is -1.47. The van der Waals surface area contributed by atoms with Crippen molar-refractivity contribution in [1.82, 2.24) is 15.6 Å². The van der Waals surface area contributed by atoms with Gasteiger partial charge in [0.1, 0.15) is 0 Å². The van der Waals surface area contributed by atoms with Crippen molar-refractivity contribution in [2.75, 3.05) is 19.7 Å². The molecule has 0 saturated heterocycles.